The molecule has 1 aliphatic carbocycles. The van der Waals surface area contributed by atoms with Crippen molar-refractivity contribution in [3.63, 3.8) is 0 Å². The molecule has 0 aromatic heterocycles. The number of halogens is 1. The number of ether oxygens (including phenoxy) is 2. The van der Waals surface area contributed by atoms with Crippen molar-refractivity contribution in [2.24, 2.45) is 4.99 Å². The van der Waals surface area contributed by atoms with Crippen LogP contribution in [0.4, 0.5) is 0 Å². The molecule has 0 aliphatic heterocycles. The van der Waals surface area contributed by atoms with E-state index in [1.165, 1.54) is 0 Å². The van der Waals surface area contributed by atoms with Gasteiger partial charge in [0, 0.05) is 19.6 Å². The molecule has 2 N–H and O–H groups in total. The Morgan fingerprint density at radius 1 is 1.04 bits per heavy atom. The SMILES string of the molecule is CN=C(NCc1ccc(OCc2ccccc2)c(OC)c1)NC1CC=CC1.I. The Bertz CT molecular complexity index is 786. The molecule has 0 heterocycles. The van der Waals surface area contributed by atoms with Gasteiger partial charge in [-0.25, -0.2) is 0 Å². The van der Waals surface area contributed by atoms with E-state index >= 15 is 0 Å². The molecule has 3 rings (SSSR count). The van der Waals surface area contributed by atoms with E-state index in [0.717, 1.165) is 41.4 Å². The van der Waals surface area contributed by atoms with Crippen LogP contribution in [-0.2, 0) is 13.2 Å². The summed E-state index contributed by atoms with van der Waals surface area (Å²) in [5.74, 6) is 2.28. The second kappa shape index (κ2) is 11.6. The van der Waals surface area contributed by atoms with Crippen LogP contribution < -0.4 is 20.1 Å². The average Bonchev–Trinajstić information content (AvgIpc) is 3.23. The zero-order valence-electron chi connectivity index (χ0n) is 16.4. The Labute approximate surface area is 184 Å². The van der Waals surface area contributed by atoms with Crippen molar-refractivity contribution in [1.82, 2.24) is 10.6 Å². The fraction of sp³-hybridized carbons (Fsp3) is 0.318. The number of benzene rings is 2. The molecule has 0 saturated carbocycles. The van der Waals surface area contributed by atoms with Gasteiger partial charge in [-0.2, -0.15) is 0 Å². The molecule has 0 saturated heterocycles. The van der Waals surface area contributed by atoms with Crippen molar-refractivity contribution >= 4 is 29.9 Å². The van der Waals surface area contributed by atoms with Crippen molar-refractivity contribution in [2.75, 3.05) is 14.2 Å². The van der Waals surface area contributed by atoms with Gasteiger partial charge >= 0.3 is 0 Å². The van der Waals surface area contributed by atoms with Gasteiger partial charge in [-0.3, -0.25) is 4.99 Å². The maximum absolute atomic E-state index is 5.92. The summed E-state index contributed by atoms with van der Waals surface area (Å²) in [6, 6.07) is 16.5. The molecule has 0 fully saturated rings. The molecule has 5 nitrogen and oxygen atoms in total. The Morgan fingerprint density at radius 2 is 1.79 bits per heavy atom. The average molecular weight is 493 g/mol. The van der Waals surface area contributed by atoms with E-state index in [2.05, 4.69) is 27.8 Å². The Hall–Kier alpha value is -2.22. The van der Waals surface area contributed by atoms with Crippen LogP contribution >= 0.6 is 24.0 Å². The van der Waals surface area contributed by atoms with Crippen molar-refractivity contribution in [3.05, 3.63) is 71.8 Å². The molecule has 150 valence electrons. The van der Waals surface area contributed by atoms with Crippen LogP contribution in [0.25, 0.3) is 0 Å². The first-order valence-electron chi connectivity index (χ1n) is 9.24. The summed E-state index contributed by atoms with van der Waals surface area (Å²) in [4.78, 5) is 4.30. The summed E-state index contributed by atoms with van der Waals surface area (Å²) in [7, 11) is 3.45. The Morgan fingerprint density at radius 3 is 2.46 bits per heavy atom. The smallest absolute Gasteiger partial charge is 0.191 e. The minimum Gasteiger partial charge on any atom is -0.493 e. The molecule has 6 heteroatoms. The van der Waals surface area contributed by atoms with Crippen LogP contribution in [0.1, 0.15) is 24.0 Å². The van der Waals surface area contributed by atoms with E-state index < -0.39 is 0 Å². The van der Waals surface area contributed by atoms with E-state index in [4.69, 9.17) is 9.47 Å². The molecular formula is C22H28IN3O2. The second-order valence-electron chi connectivity index (χ2n) is 6.47. The van der Waals surface area contributed by atoms with Gasteiger partial charge in [-0.15, -0.1) is 24.0 Å². The van der Waals surface area contributed by atoms with Crippen LogP contribution in [0.5, 0.6) is 11.5 Å². The normalized spacial score (nSPS) is 13.7. The van der Waals surface area contributed by atoms with E-state index in [1.54, 1.807) is 14.2 Å². The number of guanidine groups is 1. The first kappa shape index (κ1) is 22.1. The van der Waals surface area contributed by atoms with E-state index in [0.29, 0.717) is 19.2 Å². The molecular weight excluding hydrogens is 465 g/mol. The monoisotopic (exact) mass is 493 g/mol. The highest BCUT2D eigenvalue weighted by atomic mass is 127. The minimum atomic E-state index is 0. The van der Waals surface area contributed by atoms with Gasteiger partial charge in [0.15, 0.2) is 17.5 Å². The Balaban J connectivity index is 0.00000280. The van der Waals surface area contributed by atoms with Gasteiger partial charge in [-0.1, -0.05) is 48.6 Å². The number of aliphatic imine (C=N–C) groups is 1. The van der Waals surface area contributed by atoms with Crippen LogP contribution in [0.15, 0.2) is 65.7 Å². The van der Waals surface area contributed by atoms with Crippen LogP contribution in [-0.4, -0.2) is 26.2 Å². The number of nitrogens with zero attached hydrogens (tertiary/aromatic N) is 1. The predicted molar refractivity (Wildman–Crippen MR) is 125 cm³/mol. The highest BCUT2D eigenvalue weighted by Gasteiger charge is 2.12. The fourth-order valence-corrected chi connectivity index (χ4v) is 2.99. The summed E-state index contributed by atoms with van der Waals surface area (Å²) in [6.07, 6.45) is 6.48. The molecule has 0 amide bonds. The van der Waals surface area contributed by atoms with Gasteiger partial charge in [-0.05, 0) is 36.1 Å². The summed E-state index contributed by atoms with van der Waals surface area (Å²) in [6.45, 7) is 1.18. The topological polar surface area (TPSA) is 54.9 Å². The molecule has 28 heavy (non-hydrogen) atoms. The van der Waals surface area contributed by atoms with E-state index in [-0.39, 0.29) is 24.0 Å². The lowest BCUT2D eigenvalue weighted by Gasteiger charge is -2.17. The maximum atomic E-state index is 5.92. The zero-order valence-corrected chi connectivity index (χ0v) is 18.7. The van der Waals surface area contributed by atoms with Gasteiger partial charge in [0.05, 0.1) is 7.11 Å². The Kier molecular flexibility index (Phi) is 9.13. The van der Waals surface area contributed by atoms with E-state index in [1.807, 2.05) is 48.5 Å². The summed E-state index contributed by atoms with van der Waals surface area (Å²) >= 11 is 0. The highest BCUT2D eigenvalue weighted by Crippen LogP contribution is 2.28. The van der Waals surface area contributed by atoms with Gasteiger partial charge in [0.1, 0.15) is 6.61 Å². The molecule has 2 aromatic carbocycles. The third-order valence-electron chi connectivity index (χ3n) is 4.50. The van der Waals surface area contributed by atoms with Gasteiger partial charge in [0.2, 0.25) is 0 Å². The van der Waals surface area contributed by atoms with Crippen molar-refractivity contribution in [3.8, 4) is 11.5 Å². The summed E-state index contributed by atoms with van der Waals surface area (Å²) in [5, 5.41) is 6.79. The number of methoxy groups -OCH3 is 1. The lowest BCUT2D eigenvalue weighted by Crippen LogP contribution is -2.42. The number of rotatable bonds is 7. The van der Waals surface area contributed by atoms with Crippen LogP contribution in [0.2, 0.25) is 0 Å². The predicted octanol–water partition coefficient (Wildman–Crippen LogP) is 4.28. The van der Waals surface area contributed by atoms with Crippen LogP contribution in [0, 0.1) is 0 Å². The molecule has 2 aromatic rings. The molecule has 0 bridgehead atoms. The number of nitrogens with one attached hydrogen (secondary N) is 2. The zero-order chi connectivity index (χ0) is 18.9. The van der Waals surface area contributed by atoms with Crippen LogP contribution in [0.3, 0.4) is 0 Å². The standard InChI is InChI=1S/C22H27N3O2.HI/c1-23-22(25-19-10-6-7-11-19)24-15-18-12-13-20(21(14-18)26-2)27-16-17-8-4-3-5-9-17;/h3-9,12-14,19H,10-11,15-16H2,1-2H3,(H2,23,24,25);1H. The quantitative estimate of drug-likeness (QED) is 0.262. The first-order valence-corrected chi connectivity index (χ1v) is 9.24. The van der Waals surface area contributed by atoms with Crippen molar-refractivity contribution in [1.29, 1.82) is 0 Å². The van der Waals surface area contributed by atoms with E-state index in [9.17, 15) is 0 Å². The lowest BCUT2D eigenvalue weighted by molar-refractivity contribution is 0.284. The summed E-state index contributed by atoms with van der Waals surface area (Å²) < 4.78 is 11.4. The molecule has 0 spiro atoms. The van der Waals surface area contributed by atoms with Gasteiger partial charge in [0.25, 0.3) is 0 Å². The lowest BCUT2D eigenvalue weighted by atomic mass is 10.2. The summed E-state index contributed by atoms with van der Waals surface area (Å²) in [5.41, 5.74) is 2.23. The maximum Gasteiger partial charge on any atom is 0.191 e. The van der Waals surface area contributed by atoms with Crippen molar-refractivity contribution in [2.45, 2.75) is 32.0 Å². The molecule has 0 radical (unpaired) electrons. The molecule has 1 aliphatic rings. The van der Waals surface area contributed by atoms with Crippen molar-refractivity contribution < 1.29 is 9.47 Å². The number of hydrogen-bond donors (Lipinski definition) is 2. The first-order chi connectivity index (χ1) is 13.3. The fourth-order valence-electron chi connectivity index (χ4n) is 2.99. The van der Waals surface area contributed by atoms with Gasteiger partial charge < -0.3 is 20.1 Å². The third kappa shape index (κ3) is 6.44. The highest BCUT2D eigenvalue weighted by molar-refractivity contribution is 14.0. The molecule has 0 unspecified atom stereocenters. The second-order valence-corrected chi connectivity index (χ2v) is 6.47. The number of hydrogen-bond acceptors (Lipinski definition) is 3. The third-order valence-corrected chi connectivity index (χ3v) is 4.50. The largest absolute Gasteiger partial charge is 0.493 e. The minimum absolute atomic E-state index is 0. The molecule has 0 atom stereocenters.